The minimum absolute atomic E-state index is 0.0385. The lowest BCUT2D eigenvalue weighted by atomic mass is 10.1. The zero-order chi connectivity index (χ0) is 18.1. The van der Waals surface area contributed by atoms with Gasteiger partial charge in [0.25, 0.3) is 5.91 Å². The summed E-state index contributed by atoms with van der Waals surface area (Å²) in [6, 6.07) is 12.9. The first kappa shape index (κ1) is 16.3. The zero-order valence-corrected chi connectivity index (χ0v) is 14.7. The first-order chi connectivity index (χ1) is 12.6. The number of anilines is 3. The second kappa shape index (κ2) is 6.61. The maximum atomic E-state index is 11.5. The minimum Gasteiger partial charge on any atom is -0.482 e. The Kier molecular flexibility index (Phi) is 4.14. The Labute approximate surface area is 153 Å². The Bertz CT molecular complexity index is 996. The number of hydrogen-bond donors (Lipinski definition) is 2. The van der Waals surface area contributed by atoms with E-state index in [0.29, 0.717) is 17.0 Å². The number of carbonyl (C=O) groups is 2. The summed E-state index contributed by atoms with van der Waals surface area (Å²) in [7, 11) is 0. The Morgan fingerprint density at radius 2 is 2.04 bits per heavy atom. The number of ketones is 1. The van der Waals surface area contributed by atoms with Crippen LogP contribution in [0, 0.1) is 0 Å². The van der Waals surface area contributed by atoms with Gasteiger partial charge < -0.3 is 15.4 Å². The molecule has 3 aromatic rings. The molecule has 0 radical (unpaired) electrons. The largest absolute Gasteiger partial charge is 0.482 e. The van der Waals surface area contributed by atoms with E-state index in [4.69, 9.17) is 4.74 Å². The molecule has 0 saturated heterocycles. The quantitative estimate of drug-likeness (QED) is 0.681. The third-order valence-corrected chi connectivity index (χ3v) is 4.71. The average Bonchev–Trinajstić information content (AvgIpc) is 3.10. The number of benzene rings is 2. The fourth-order valence-electron chi connectivity index (χ4n) is 2.62. The number of rotatable bonds is 4. The second-order valence-corrected chi connectivity index (χ2v) is 6.70. The van der Waals surface area contributed by atoms with E-state index in [2.05, 4.69) is 15.6 Å². The molecular formula is C19H15N3O3S. The van der Waals surface area contributed by atoms with Gasteiger partial charge in [-0.3, -0.25) is 9.59 Å². The van der Waals surface area contributed by atoms with E-state index in [0.717, 1.165) is 22.1 Å². The fourth-order valence-corrected chi connectivity index (χ4v) is 3.36. The molecule has 1 aliphatic heterocycles. The molecule has 0 spiro atoms. The maximum absolute atomic E-state index is 11.5. The Morgan fingerprint density at radius 1 is 1.23 bits per heavy atom. The van der Waals surface area contributed by atoms with E-state index in [1.54, 1.807) is 19.1 Å². The van der Waals surface area contributed by atoms with Gasteiger partial charge in [-0.15, -0.1) is 11.3 Å². The van der Waals surface area contributed by atoms with Crippen molar-refractivity contribution in [3.8, 4) is 17.0 Å². The highest BCUT2D eigenvalue weighted by molar-refractivity contribution is 7.14. The molecule has 0 aliphatic carbocycles. The van der Waals surface area contributed by atoms with Crippen molar-refractivity contribution in [1.29, 1.82) is 0 Å². The first-order valence-corrected chi connectivity index (χ1v) is 8.87. The van der Waals surface area contributed by atoms with Gasteiger partial charge in [0.15, 0.2) is 17.5 Å². The van der Waals surface area contributed by atoms with Crippen LogP contribution in [0.1, 0.15) is 17.3 Å². The number of amides is 1. The highest BCUT2D eigenvalue weighted by Gasteiger charge is 2.17. The van der Waals surface area contributed by atoms with Gasteiger partial charge in [-0.2, -0.15) is 0 Å². The number of aromatic nitrogens is 1. The van der Waals surface area contributed by atoms with Crippen LogP contribution in [0.4, 0.5) is 16.5 Å². The van der Waals surface area contributed by atoms with E-state index in [1.807, 2.05) is 35.7 Å². The molecule has 4 rings (SSSR count). The van der Waals surface area contributed by atoms with Crippen LogP contribution in [0.5, 0.6) is 5.75 Å². The second-order valence-electron chi connectivity index (χ2n) is 5.84. The Hall–Kier alpha value is -3.19. The van der Waals surface area contributed by atoms with Crippen molar-refractivity contribution in [2.75, 3.05) is 17.2 Å². The van der Waals surface area contributed by atoms with Gasteiger partial charge in [0.1, 0.15) is 5.75 Å². The minimum atomic E-state index is -0.163. The van der Waals surface area contributed by atoms with Crippen LogP contribution in [0.2, 0.25) is 0 Å². The fraction of sp³-hybridized carbons (Fsp3) is 0.105. The first-order valence-electron chi connectivity index (χ1n) is 7.99. The third-order valence-electron chi connectivity index (χ3n) is 3.96. The Balaban J connectivity index is 1.53. The van der Waals surface area contributed by atoms with Crippen LogP contribution in [-0.4, -0.2) is 23.3 Å². The topological polar surface area (TPSA) is 80.3 Å². The molecule has 0 atom stereocenters. The molecule has 0 saturated carbocycles. The Morgan fingerprint density at radius 3 is 2.81 bits per heavy atom. The highest BCUT2D eigenvalue weighted by Crippen LogP contribution is 2.34. The number of fused-ring (bicyclic) bond motifs is 1. The zero-order valence-electron chi connectivity index (χ0n) is 13.9. The smallest absolute Gasteiger partial charge is 0.262 e. The molecule has 1 aliphatic rings. The van der Waals surface area contributed by atoms with E-state index in [9.17, 15) is 9.59 Å². The monoisotopic (exact) mass is 365 g/mol. The summed E-state index contributed by atoms with van der Waals surface area (Å²) in [6.07, 6.45) is 0. The van der Waals surface area contributed by atoms with Gasteiger partial charge in [-0.05, 0) is 49.4 Å². The average molecular weight is 365 g/mol. The van der Waals surface area contributed by atoms with Crippen molar-refractivity contribution in [3.63, 3.8) is 0 Å². The lowest BCUT2D eigenvalue weighted by Crippen LogP contribution is -2.25. The summed E-state index contributed by atoms with van der Waals surface area (Å²) in [5.74, 6) is 0.536. The standard InChI is InChI=1S/C19H15N3O3S/c1-11(23)12-2-5-14(6-3-12)20-19-22-16(10-26-19)13-4-7-17-15(8-13)21-18(24)9-25-17/h2-8,10H,9H2,1H3,(H,20,22)(H,21,24). The predicted octanol–water partition coefficient (Wildman–Crippen LogP) is 4.09. The van der Waals surface area contributed by atoms with Gasteiger partial charge in [-0.1, -0.05) is 0 Å². The van der Waals surface area contributed by atoms with Crippen LogP contribution >= 0.6 is 11.3 Å². The number of nitrogens with one attached hydrogen (secondary N) is 2. The molecule has 2 heterocycles. The number of carbonyl (C=O) groups excluding carboxylic acids is 2. The normalized spacial score (nSPS) is 12.7. The lowest BCUT2D eigenvalue weighted by Gasteiger charge is -2.18. The van der Waals surface area contributed by atoms with Crippen molar-refractivity contribution in [3.05, 3.63) is 53.4 Å². The molecule has 1 amide bonds. The molecule has 26 heavy (non-hydrogen) atoms. The molecule has 7 heteroatoms. The van der Waals surface area contributed by atoms with Crippen LogP contribution in [0.15, 0.2) is 47.8 Å². The number of ether oxygens (including phenoxy) is 1. The van der Waals surface area contributed by atoms with E-state index >= 15 is 0 Å². The van der Waals surface area contributed by atoms with Gasteiger partial charge in [0.2, 0.25) is 0 Å². The van der Waals surface area contributed by atoms with Crippen LogP contribution in [-0.2, 0) is 4.79 Å². The molecule has 2 aromatic carbocycles. The number of thiazole rings is 1. The molecule has 2 N–H and O–H groups in total. The number of hydrogen-bond acceptors (Lipinski definition) is 6. The summed E-state index contributed by atoms with van der Waals surface area (Å²) in [4.78, 5) is 27.4. The van der Waals surface area contributed by atoms with Crippen molar-refractivity contribution < 1.29 is 14.3 Å². The van der Waals surface area contributed by atoms with Crippen LogP contribution in [0.3, 0.4) is 0 Å². The van der Waals surface area contributed by atoms with Crippen molar-refractivity contribution in [2.45, 2.75) is 6.92 Å². The highest BCUT2D eigenvalue weighted by atomic mass is 32.1. The van der Waals surface area contributed by atoms with E-state index in [-0.39, 0.29) is 18.3 Å². The summed E-state index contributed by atoms with van der Waals surface area (Å²) < 4.78 is 5.37. The number of Topliss-reactive ketones (excluding diaryl/α,β-unsaturated/α-hetero) is 1. The number of nitrogens with zero attached hydrogens (tertiary/aromatic N) is 1. The predicted molar refractivity (Wildman–Crippen MR) is 101 cm³/mol. The third kappa shape index (κ3) is 3.29. The summed E-state index contributed by atoms with van der Waals surface area (Å²) in [5, 5.41) is 8.72. The maximum Gasteiger partial charge on any atom is 0.262 e. The van der Waals surface area contributed by atoms with Crippen molar-refractivity contribution in [2.24, 2.45) is 0 Å². The van der Waals surface area contributed by atoms with Crippen LogP contribution < -0.4 is 15.4 Å². The van der Waals surface area contributed by atoms with Gasteiger partial charge >= 0.3 is 0 Å². The molecule has 6 nitrogen and oxygen atoms in total. The summed E-state index contributed by atoms with van der Waals surface area (Å²) >= 11 is 1.48. The molecule has 130 valence electrons. The van der Waals surface area contributed by atoms with Gasteiger partial charge in [0.05, 0.1) is 11.4 Å². The van der Waals surface area contributed by atoms with E-state index < -0.39 is 0 Å². The summed E-state index contributed by atoms with van der Waals surface area (Å²) in [6.45, 7) is 1.58. The molecule has 0 unspecified atom stereocenters. The van der Waals surface area contributed by atoms with Crippen LogP contribution in [0.25, 0.3) is 11.3 Å². The molecular weight excluding hydrogens is 350 g/mol. The molecule has 0 fully saturated rings. The lowest BCUT2D eigenvalue weighted by molar-refractivity contribution is -0.118. The summed E-state index contributed by atoms with van der Waals surface area (Å²) in [5.41, 5.74) is 3.89. The van der Waals surface area contributed by atoms with Gasteiger partial charge in [0, 0.05) is 22.2 Å². The van der Waals surface area contributed by atoms with Gasteiger partial charge in [-0.25, -0.2) is 4.98 Å². The SMILES string of the molecule is CC(=O)c1ccc(Nc2nc(-c3ccc4c(c3)NC(=O)CO4)cs2)cc1. The molecule has 1 aromatic heterocycles. The van der Waals surface area contributed by atoms with Crippen molar-refractivity contribution >= 4 is 39.5 Å². The van der Waals surface area contributed by atoms with Crippen molar-refractivity contribution in [1.82, 2.24) is 4.98 Å². The molecule has 0 bridgehead atoms. The van der Waals surface area contributed by atoms with E-state index in [1.165, 1.54) is 11.3 Å².